The normalized spacial score (nSPS) is 11.7. The van der Waals surface area contributed by atoms with Crippen LogP contribution in [-0.4, -0.2) is 11.9 Å². The zero-order chi connectivity index (χ0) is 15.9. The summed E-state index contributed by atoms with van der Waals surface area (Å²) < 4.78 is 0. The molecule has 0 radical (unpaired) electrons. The van der Waals surface area contributed by atoms with E-state index in [4.69, 9.17) is 17.3 Å². The molecule has 0 aliphatic rings. The van der Waals surface area contributed by atoms with Gasteiger partial charge < -0.3 is 11.1 Å². The van der Waals surface area contributed by atoms with E-state index in [1.54, 1.807) is 6.07 Å². The third-order valence-electron chi connectivity index (χ3n) is 3.17. The summed E-state index contributed by atoms with van der Waals surface area (Å²) in [5.74, 6) is -0.444. The first-order valence-corrected chi connectivity index (χ1v) is 7.17. The molecule has 0 heterocycles. The van der Waals surface area contributed by atoms with E-state index >= 15 is 0 Å². The van der Waals surface area contributed by atoms with E-state index in [1.165, 1.54) is 0 Å². The lowest BCUT2D eigenvalue weighted by Crippen LogP contribution is -2.86. The van der Waals surface area contributed by atoms with Gasteiger partial charge in [-0.1, -0.05) is 54.1 Å². The number of nitrogens with two attached hydrogens (primary N) is 2. The van der Waals surface area contributed by atoms with Gasteiger partial charge in [-0.2, -0.15) is 0 Å². The number of carbonyl (C=O) groups excluding carboxylic acids is 2. The Labute approximate surface area is 133 Å². The van der Waals surface area contributed by atoms with Crippen LogP contribution in [-0.2, 0) is 11.3 Å². The molecule has 0 saturated heterocycles. The van der Waals surface area contributed by atoms with Gasteiger partial charge in [-0.05, 0) is 12.1 Å². The number of benzene rings is 2. The minimum absolute atomic E-state index is 0.444. The smallest absolute Gasteiger partial charge is 0.319 e. The number of hydrogen-bond donors (Lipinski definition) is 3. The summed E-state index contributed by atoms with van der Waals surface area (Å²) in [6, 6.07) is 15.2. The maximum Gasteiger partial charge on any atom is 0.319 e. The first-order valence-electron chi connectivity index (χ1n) is 6.79. The quantitative estimate of drug-likeness (QED) is 0.776. The predicted octanol–water partition coefficient (Wildman–Crippen LogP) is 1.34. The molecule has 114 valence electrons. The SMILES string of the molecule is NC(=O)NC(=O)[C@@H]([NH2+]Cc1cccc(Cl)c1)c1ccccc1. The second-order valence-corrected chi connectivity index (χ2v) is 5.25. The monoisotopic (exact) mass is 318 g/mol. The summed E-state index contributed by atoms with van der Waals surface area (Å²) >= 11 is 5.95. The van der Waals surface area contributed by atoms with Crippen LogP contribution >= 0.6 is 11.6 Å². The van der Waals surface area contributed by atoms with Crippen LogP contribution in [0.4, 0.5) is 4.79 Å². The van der Waals surface area contributed by atoms with Crippen molar-refractivity contribution in [2.45, 2.75) is 12.6 Å². The first-order chi connectivity index (χ1) is 10.6. The van der Waals surface area contributed by atoms with E-state index in [0.29, 0.717) is 11.6 Å². The molecule has 5 nitrogen and oxygen atoms in total. The predicted molar refractivity (Wildman–Crippen MR) is 84.0 cm³/mol. The third kappa shape index (κ3) is 4.58. The molecule has 2 rings (SSSR count). The molecule has 0 saturated carbocycles. The van der Waals surface area contributed by atoms with Gasteiger partial charge in [0.1, 0.15) is 6.54 Å². The average molecular weight is 319 g/mol. The molecular weight excluding hydrogens is 302 g/mol. The van der Waals surface area contributed by atoms with E-state index in [2.05, 4.69) is 5.32 Å². The molecular formula is C16H17ClN3O2+. The van der Waals surface area contributed by atoms with E-state index in [1.807, 2.05) is 53.8 Å². The van der Waals surface area contributed by atoms with Crippen LogP contribution in [0.5, 0.6) is 0 Å². The fourth-order valence-electron chi connectivity index (χ4n) is 2.17. The van der Waals surface area contributed by atoms with E-state index in [9.17, 15) is 9.59 Å². The Morgan fingerprint density at radius 2 is 1.86 bits per heavy atom. The summed E-state index contributed by atoms with van der Waals surface area (Å²) in [7, 11) is 0. The van der Waals surface area contributed by atoms with E-state index < -0.39 is 18.0 Å². The molecule has 0 aliphatic heterocycles. The van der Waals surface area contributed by atoms with Crippen molar-refractivity contribution in [3.05, 3.63) is 70.7 Å². The molecule has 0 fully saturated rings. The fraction of sp³-hybridized carbons (Fsp3) is 0.125. The lowest BCUT2D eigenvalue weighted by molar-refractivity contribution is -0.698. The number of nitrogens with one attached hydrogen (secondary N) is 1. The highest BCUT2D eigenvalue weighted by atomic mass is 35.5. The van der Waals surface area contributed by atoms with Crippen molar-refractivity contribution in [3.63, 3.8) is 0 Å². The number of quaternary nitrogens is 1. The highest BCUT2D eigenvalue weighted by Gasteiger charge is 2.24. The maximum atomic E-state index is 12.2. The van der Waals surface area contributed by atoms with Crippen LogP contribution in [0.3, 0.4) is 0 Å². The summed E-state index contributed by atoms with van der Waals surface area (Å²) in [4.78, 5) is 23.1. The number of amides is 3. The van der Waals surface area contributed by atoms with Crippen molar-refractivity contribution in [1.82, 2.24) is 5.32 Å². The number of rotatable bonds is 5. The summed E-state index contributed by atoms with van der Waals surface area (Å²) in [6.07, 6.45) is 0. The highest BCUT2D eigenvalue weighted by molar-refractivity contribution is 6.30. The molecule has 2 aromatic rings. The Kier molecular flexibility index (Phi) is 5.52. The van der Waals surface area contributed by atoms with E-state index in [0.717, 1.165) is 11.1 Å². The van der Waals surface area contributed by atoms with Crippen molar-refractivity contribution >= 4 is 23.5 Å². The maximum absolute atomic E-state index is 12.2. The van der Waals surface area contributed by atoms with Crippen LogP contribution in [0.15, 0.2) is 54.6 Å². The Morgan fingerprint density at radius 3 is 2.50 bits per heavy atom. The number of hydrogen-bond acceptors (Lipinski definition) is 2. The van der Waals surface area contributed by atoms with Crippen molar-refractivity contribution in [3.8, 4) is 0 Å². The average Bonchev–Trinajstić information content (AvgIpc) is 2.48. The van der Waals surface area contributed by atoms with Crippen molar-refractivity contribution in [2.24, 2.45) is 5.73 Å². The van der Waals surface area contributed by atoms with Crippen LogP contribution < -0.4 is 16.4 Å². The molecule has 2 aromatic carbocycles. The first kappa shape index (κ1) is 16.0. The topological polar surface area (TPSA) is 88.8 Å². The van der Waals surface area contributed by atoms with Gasteiger partial charge in [0.25, 0.3) is 5.91 Å². The van der Waals surface area contributed by atoms with Gasteiger partial charge in [0.2, 0.25) is 0 Å². The summed E-state index contributed by atoms with van der Waals surface area (Å²) in [6.45, 7) is 0.548. The molecule has 6 heteroatoms. The second kappa shape index (κ2) is 7.59. The fourth-order valence-corrected chi connectivity index (χ4v) is 2.38. The molecule has 22 heavy (non-hydrogen) atoms. The molecule has 0 spiro atoms. The standard InChI is InChI=1S/C16H16ClN3O2/c17-13-8-4-5-11(9-13)10-19-14(15(21)20-16(18)22)12-6-2-1-3-7-12/h1-9,14,19H,10H2,(H3,18,20,21,22)/p+1/t14-/m0/s1. The van der Waals surface area contributed by atoms with Gasteiger partial charge in [-0.3, -0.25) is 10.1 Å². The molecule has 0 bridgehead atoms. The van der Waals surface area contributed by atoms with Gasteiger partial charge in [0.15, 0.2) is 6.04 Å². The zero-order valence-electron chi connectivity index (χ0n) is 11.8. The molecule has 0 aliphatic carbocycles. The van der Waals surface area contributed by atoms with Crippen molar-refractivity contribution < 1.29 is 14.9 Å². The number of urea groups is 1. The lowest BCUT2D eigenvalue weighted by Gasteiger charge is -2.15. The van der Waals surface area contributed by atoms with Crippen LogP contribution in [0.25, 0.3) is 0 Å². The Morgan fingerprint density at radius 1 is 1.14 bits per heavy atom. The van der Waals surface area contributed by atoms with E-state index in [-0.39, 0.29) is 0 Å². The molecule has 1 atom stereocenters. The molecule has 0 aromatic heterocycles. The van der Waals surface area contributed by atoms with Crippen LogP contribution in [0.2, 0.25) is 5.02 Å². The van der Waals surface area contributed by atoms with Crippen LogP contribution in [0, 0.1) is 0 Å². The third-order valence-corrected chi connectivity index (χ3v) is 3.40. The summed E-state index contributed by atoms with van der Waals surface area (Å²) in [5, 5.41) is 4.61. The Hall–Kier alpha value is -2.37. The van der Waals surface area contributed by atoms with Gasteiger partial charge in [-0.25, -0.2) is 4.79 Å². The van der Waals surface area contributed by atoms with Crippen LogP contribution in [0.1, 0.15) is 17.2 Å². The number of primary amides is 1. The summed E-state index contributed by atoms with van der Waals surface area (Å²) in [5.41, 5.74) is 6.82. The van der Waals surface area contributed by atoms with Crippen molar-refractivity contribution in [2.75, 3.05) is 0 Å². The van der Waals surface area contributed by atoms with Gasteiger partial charge in [-0.15, -0.1) is 0 Å². The minimum atomic E-state index is -0.859. The number of imide groups is 1. The lowest BCUT2D eigenvalue weighted by atomic mass is 10.1. The largest absolute Gasteiger partial charge is 0.351 e. The molecule has 3 amide bonds. The minimum Gasteiger partial charge on any atom is -0.351 e. The van der Waals surface area contributed by atoms with Gasteiger partial charge in [0, 0.05) is 16.1 Å². The van der Waals surface area contributed by atoms with Gasteiger partial charge in [0.05, 0.1) is 0 Å². The molecule has 0 unspecified atom stereocenters. The molecule has 5 N–H and O–H groups in total. The second-order valence-electron chi connectivity index (χ2n) is 4.81. The zero-order valence-corrected chi connectivity index (χ0v) is 12.6. The van der Waals surface area contributed by atoms with Gasteiger partial charge >= 0.3 is 6.03 Å². The number of carbonyl (C=O) groups is 2. The highest BCUT2D eigenvalue weighted by Crippen LogP contribution is 2.11. The van der Waals surface area contributed by atoms with Crippen molar-refractivity contribution in [1.29, 1.82) is 0 Å². The Bertz CT molecular complexity index is 661. The number of halogens is 1. The Balaban J connectivity index is 2.14.